The van der Waals surface area contributed by atoms with Crippen molar-refractivity contribution in [3.63, 3.8) is 0 Å². The van der Waals surface area contributed by atoms with Crippen molar-refractivity contribution < 1.29 is 61.9 Å². The SMILES string of the molecule is CC(C)(C(=O)Nc1ccc(C(F)(F)F)cn1)S(=O)(=O)c1ccc(Br)cc1.COc1ccc(S(=O)(=O)C(C)(C)C(=O)Nc2ccc(C(F)(F)F)cn2)cc1F. The van der Waals surface area contributed by atoms with E-state index in [1.807, 2.05) is 0 Å². The molecule has 2 heterocycles. The highest BCUT2D eigenvalue weighted by molar-refractivity contribution is 9.10. The van der Waals surface area contributed by atoms with Crippen LogP contribution in [0.15, 0.2) is 93.4 Å². The summed E-state index contributed by atoms with van der Waals surface area (Å²) < 4.78 is 142. The number of hydrogen-bond donors (Lipinski definition) is 2. The number of ether oxygens (including phenoxy) is 1. The number of halogens is 8. The normalized spacial score (nSPS) is 12.6. The van der Waals surface area contributed by atoms with E-state index in [1.165, 1.54) is 45.2 Å². The lowest BCUT2D eigenvalue weighted by molar-refractivity contribution is -0.138. The lowest BCUT2D eigenvalue weighted by Gasteiger charge is -2.24. The molecule has 0 aliphatic rings. The summed E-state index contributed by atoms with van der Waals surface area (Å²) in [6.07, 6.45) is -8.09. The molecule has 2 N–H and O–H groups in total. The summed E-state index contributed by atoms with van der Waals surface area (Å²) in [6.45, 7) is 4.60. The summed E-state index contributed by atoms with van der Waals surface area (Å²) in [4.78, 5) is 31.4. The molecular weight excluding hydrogens is 841 g/mol. The minimum atomic E-state index is -4.60. The van der Waals surface area contributed by atoms with Gasteiger partial charge in [0.1, 0.15) is 21.1 Å². The zero-order valence-corrected chi connectivity index (χ0v) is 31.8. The van der Waals surface area contributed by atoms with E-state index >= 15 is 0 Å². The molecule has 0 atom stereocenters. The van der Waals surface area contributed by atoms with Gasteiger partial charge in [0.15, 0.2) is 31.2 Å². The molecule has 0 spiro atoms. The van der Waals surface area contributed by atoms with Crippen LogP contribution in [0.5, 0.6) is 5.75 Å². The van der Waals surface area contributed by atoms with Crippen LogP contribution >= 0.6 is 15.9 Å². The number of amides is 2. The molecule has 292 valence electrons. The lowest BCUT2D eigenvalue weighted by atomic mass is 10.2. The predicted octanol–water partition coefficient (Wildman–Crippen LogP) is 7.49. The average Bonchev–Trinajstić information content (AvgIpc) is 3.08. The van der Waals surface area contributed by atoms with Crippen LogP contribution in [-0.4, -0.2) is 55.2 Å². The van der Waals surface area contributed by atoms with Crippen LogP contribution in [0.3, 0.4) is 0 Å². The Kier molecular flexibility index (Phi) is 13.0. The van der Waals surface area contributed by atoms with Gasteiger partial charge in [0, 0.05) is 16.9 Å². The number of benzene rings is 2. The summed E-state index contributed by atoms with van der Waals surface area (Å²) in [5, 5.41) is 4.40. The minimum Gasteiger partial charge on any atom is -0.494 e. The first-order chi connectivity index (χ1) is 24.7. The van der Waals surface area contributed by atoms with E-state index in [2.05, 4.69) is 36.5 Å². The van der Waals surface area contributed by atoms with Crippen LogP contribution in [0, 0.1) is 5.82 Å². The number of sulfone groups is 2. The number of rotatable bonds is 9. The Morgan fingerprint density at radius 3 is 1.37 bits per heavy atom. The number of nitrogens with zero attached hydrogens (tertiary/aromatic N) is 2. The number of nitrogens with one attached hydrogen (secondary N) is 2. The van der Waals surface area contributed by atoms with Crippen LogP contribution in [-0.2, 0) is 41.6 Å². The van der Waals surface area contributed by atoms with Crippen molar-refractivity contribution in [3.05, 3.63) is 101 Å². The Morgan fingerprint density at radius 2 is 1.04 bits per heavy atom. The smallest absolute Gasteiger partial charge is 0.417 e. The Morgan fingerprint density at radius 1 is 0.648 bits per heavy atom. The molecular formula is C33H30BrF7N4O7S2. The second-order valence-corrected chi connectivity index (χ2v) is 18.0. The van der Waals surface area contributed by atoms with E-state index in [0.29, 0.717) is 22.9 Å². The fourth-order valence-corrected chi connectivity index (χ4v) is 7.10. The first-order valence-corrected chi connectivity index (χ1v) is 18.7. The molecule has 2 aromatic carbocycles. The number of aromatic nitrogens is 2. The van der Waals surface area contributed by atoms with E-state index in [0.717, 1.165) is 50.2 Å². The van der Waals surface area contributed by atoms with Crippen LogP contribution in [0.25, 0.3) is 0 Å². The van der Waals surface area contributed by atoms with Crippen LogP contribution in [0.1, 0.15) is 38.8 Å². The van der Waals surface area contributed by atoms with Gasteiger partial charge >= 0.3 is 12.4 Å². The van der Waals surface area contributed by atoms with Gasteiger partial charge in [-0.25, -0.2) is 31.2 Å². The topological polar surface area (TPSA) is 161 Å². The van der Waals surface area contributed by atoms with Crippen molar-refractivity contribution in [2.75, 3.05) is 17.7 Å². The zero-order chi connectivity index (χ0) is 41.1. The maximum absolute atomic E-state index is 13.9. The molecule has 0 saturated carbocycles. The standard InChI is InChI=1S/C17H16F4N2O4S.C16H14BrF3N2O3S/c1-16(2,28(25,26)11-5-6-13(27-3)12(18)8-11)15(24)23-14-7-4-10(9-22-14)17(19,20)21;1-15(2,26(24,25)12-6-4-11(17)5-7-12)14(23)22-13-8-3-10(9-21-13)16(18,19)20/h4-9H,1-3H3,(H,22,23,24);3-9H,1-2H3,(H,21,22,23). The Labute approximate surface area is 313 Å². The maximum Gasteiger partial charge on any atom is 0.417 e. The highest BCUT2D eigenvalue weighted by Gasteiger charge is 2.44. The number of carbonyl (C=O) groups excluding carboxylic acids is 2. The van der Waals surface area contributed by atoms with Crippen LogP contribution in [0.2, 0.25) is 0 Å². The summed E-state index contributed by atoms with van der Waals surface area (Å²) >= 11 is 3.19. The Bertz CT molecular complexity index is 2220. The van der Waals surface area contributed by atoms with Crippen molar-refractivity contribution in [1.82, 2.24) is 9.97 Å². The van der Waals surface area contributed by atoms with Crippen molar-refractivity contribution in [2.24, 2.45) is 0 Å². The third kappa shape index (κ3) is 9.72. The summed E-state index contributed by atoms with van der Waals surface area (Å²) in [5.74, 6) is -3.49. The third-order valence-corrected chi connectivity index (χ3v) is 13.0. The molecule has 4 rings (SSSR count). The number of pyridine rings is 2. The van der Waals surface area contributed by atoms with Gasteiger partial charge in [0.2, 0.25) is 11.8 Å². The van der Waals surface area contributed by atoms with Gasteiger partial charge in [-0.1, -0.05) is 15.9 Å². The molecule has 0 aliphatic heterocycles. The fraction of sp³-hybridized carbons (Fsp3) is 0.273. The monoisotopic (exact) mass is 870 g/mol. The molecule has 0 saturated heterocycles. The van der Waals surface area contributed by atoms with Crippen molar-refractivity contribution in [2.45, 2.75) is 59.3 Å². The molecule has 4 aromatic rings. The van der Waals surface area contributed by atoms with Gasteiger partial charge in [0.05, 0.1) is 28.0 Å². The van der Waals surface area contributed by atoms with Crippen molar-refractivity contribution in [3.8, 4) is 5.75 Å². The molecule has 54 heavy (non-hydrogen) atoms. The maximum atomic E-state index is 13.9. The molecule has 11 nitrogen and oxygen atoms in total. The highest BCUT2D eigenvalue weighted by Crippen LogP contribution is 2.33. The summed E-state index contributed by atoms with van der Waals surface area (Å²) in [5.41, 5.74) is -2.00. The van der Waals surface area contributed by atoms with Gasteiger partial charge in [-0.05, 0) is 94.4 Å². The average molecular weight is 872 g/mol. The van der Waals surface area contributed by atoms with E-state index < -0.39 is 75.2 Å². The van der Waals surface area contributed by atoms with Crippen LogP contribution < -0.4 is 15.4 Å². The summed E-state index contributed by atoms with van der Waals surface area (Å²) in [6, 6.07) is 12.0. The van der Waals surface area contributed by atoms with Gasteiger partial charge in [-0.15, -0.1) is 0 Å². The van der Waals surface area contributed by atoms with E-state index in [4.69, 9.17) is 4.74 Å². The fourth-order valence-electron chi connectivity index (χ4n) is 4.07. The first kappa shape index (κ1) is 43.8. The largest absolute Gasteiger partial charge is 0.494 e. The van der Waals surface area contributed by atoms with E-state index in [9.17, 15) is 57.2 Å². The molecule has 0 aliphatic carbocycles. The van der Waals surface area contributed by atoms with E-state index in [-0.39, 0.29) is 22.3 Å². The van der Waals surface area contributed by atoms with Crippen LogP contribution in [0.4, 0.5) is 42.4 Å². The highest BCUT2D eigenvalue weighted by atomic mass is 79.9. The molecule has 2 amide bonds. The lowest BCUT2D eigenvalue weighted by Crippen LogP contribution is -2.44. The van der Waals surface area contributed by atoms with Crippen molar-refractivity contribution >= 4 is 59.1 Å². The molecule has 2 aromatic heterocycles. The van der Waals surface area contributed by atoms with Gasteiger partial charge < -0.3 is 15.4 Å². The third-order valence-electron chi connectivity index (χ3n) is 7.66. The Hall–Kier alpha value is -4.63. The quantitative estimate of drug-likeness (QED) is 0.162. The molecule has 0 bridgehead atoms. The number of hydrogen-bond acceptors (Lipinski definition) is 9. The molecule has 0 fully saturated rings. The number of alkyl halides is 6. The van der Waals surface area contributed by atoms with Gasteiger partial charge in [-0.3, -0.25) is 9.59 Å². The predicted molar refractivity (Wildman–Crippen MR) is 185 cm³/mol. The van der Waals surface area contributed by atoms with E-state index in [1.54, 1.807) is 0 Å². The van der Waals surface area contributed by atoms with Gasteiger partial charge in [-0.2, -0.15) is 26.3 Å². The second-order valence-electron chi connectivity index (χ2n) is 12.0. The van der Waals surface area contributed by atoms with Crippen molar-refractivity contribution in [1.29, 1.82) is 0 Å². The number of carbonyl (C=O) groups is 2. The summed E-state index contributed by atoms with van der Waals surface area (Å²) in [7, 11) is -7.19. The van der Waals surface area contributed by atoms with Gasteiger partial charge in [0.25, 0.3) is 0 Å². The molecule has 0 unspecified atom stereocenters. The first-order valence-electron chi connectivity index (χ1n) is 14.9. The Balaban J connectivity index is 0.000000291. The second kappa shape index (κ2) is 16.0. The number of methoxy groups -OCH3 is 1. The molecule has 21 heteroatoms. The zero-order valence-electron chi connectivity index (χ0n) is 28.6. The molecule has 0 radical (unpaired) electrons. The number of anilines is 2. The minimum absolute atomic E-state index is 0.0544.